The lowest BCUT2D eigenvalue weighted by Gasteiger charge is -2.23. The highest BCUT2D eigenvalue weighted by Gasteiger charge is 2.36. The summed E-state index contributed by atoms with van der Waals surface area (Å²) in [5.41, 5.74) is 4.55. The number of carbonyl (C=O) groups excluding carboxylic acids is 3. The molecule has 0 aliphatic carbocycles. The number of H-pyrrole nitrogens is 1. The summed E-state index contributed by atoms with van der Waals surface area (Å²) >= 11 is 0. The van der Waals surface area contributed by atoms with E-state index in [2.05, 4.69) is 20.6 Å². The third kappa shape index (κ3) is 6.19. The van der Waals surface area contributed by atoms with Gasteiger partial charge < -0.3 is 25.5 Å². The number of amides is 4. The van der Waals surface area contributed by atoms with Crippen molar-refractivity contribution in [2.24, 2.45) is 0 Å². The minimum absolute atomic E-state index is 0.150. The Kier molecular flexibility index (Phi) is 8.13. The molecule has 0 radical (unpaired) electrons. The summed E-state index contributed by atoms with van der Waals surface area (Å²) in [5, 5.41) is 15.0. The molecule has 2 atom stereocenters. The van der Waals surface area contributed by atoms with Crippen LogP contribution in [0, 0.1) is 0 Å². The first-order chi connectivity index (χ1) is 21.4. The van der Waals surface area contributed by atoms with Gasteiger partial charge in [-0.05, 0) is 67.1 Å². The molecule has 4 amide bonds. The van der Waals surface area contributed by atoms with E-state index in [1.807, 2.05) is 48.5 Å². The number of benzene rings is 2. The van der Waals surface area contributed by atoms with Crippen LogP contribution in [0.15, 0.2) is 72.8 Å². The minimum Gasteiger partial charge on any atom is -0.465 e. The molecule has 0 unspecified atom stereocenters. The van der Waals surface area contributed by atoms with Crippen molar-refractivity contribution < 1.29 is 29.0 Å². The Hall–Kier alpha value is -5.39. The number of anilines is 2. The predicted molar refractivity (Wildman–Crippen MR) is 163 cm³/mol. The predicted octanol–water partition coefficient (Wildman–Crippen LogP) is 5.05. The first-order valence-electron chi connectivity index (χ1n) is 14.5. The molecule has 2 aliphatic heterocycles. The highest BCUT2D eigenvalue weighted by Crippen LogP contribution is 2.27. The summed E-state index contributed by atoms with van der Waals surface area (Å²) in [7, 11) is 0. The van der Waals surface area contributed by atoms with Gasteiger partial charge in [0.05, 0.1) is 11.0 Å². The molecule has 12 nitrogen and oxygen atoms in total. The maximum absolute atomic E-state index is 13.1. The van der Waals surface area contributed by atoms with Crippen molar-refractivity contribution in [3.05, 3.63) is 78.4 Å². The fourth-order valence-electron chi connectivity index (χ4n) is 5.73. The van der Waals surface area contributed by atoms with E-state index >= 15 is 0 Å². The lowest BCUT2D eigenvalue weighted by molar-refractivity contribution is -0.120. The number of pyridine rings is 1. The zero-order chi connectivity index (χ0) is 30.6. The van der Waals surface area contributed by atoms with Gasteiger partial charge >= 0.3 is 12.2 Å². The summed E-state index contributed by atoms with van der Waals surface area (Å²) in [6.45, 7) is 0.954. The lowest BCUT2D eigenvalue weighted by Crippen LogP contribution is -2.43. The Morgan fingerprint density at radius 3 is 2.27 bits per heavy atom. The number of carbonyl (C=O) groups is 4. The molecule has 2 fully saturated rings. The molecule has 0 spiro atoms. The number of hydrogen-bond donors (Lipinski definition) is 4. The summed E-state index contributed by atoms with van der Waals surface area (Å²) in [4.78, 5) is 60.4. The van der Waals surface area contributed by atoms with Crippen molar-refractivity contribution in [1.82, 2.24) is 19.8 Å². The number of nitrogens with one attached hydrogen (secondary N) is 3. The fourth-order valence-corrected chi connectivity index (χ4v) is 5.73. The monoisotopic (exact) mass is 596 g/mol. The molecule has 2 aromatic carbocycles. The number of aromatic nitrogens is 2. The average Bonchev–Trinajstić information content (AvgIpc) is 3.80. The van der Waals surface area contributed by atoms with Gasteiger partial charge in [0, 0.05) is 24.5 Å². The van der Waals surface area contributed by atoms with E-state index in [1.54, 1.807) is 24.3 Å². The van der Waals surface area contributed by atoms with Crippen molar-refractivity contribution in [2.75, 3.05) is 23.7 Å². The van der Waals surface area contributed by atoms with Gasteiger partial charge in [0.1, 0.15) is 24.5 Å². The maximum Gasteiger partial charge on any atom is 0.410 e. The highest BCUT2D eigenvalue weighted by molar-refractivity contribution is 5.98. The van der Waals surface area contributed by atoms with Crippen molar-refractivity contribution >= 4 is 46.5 Å². The summed E-state index contributed by atoms with van der Waals surface area (Å²) < 4.78 is 5.45. The summed E-state index contributed by atoms with van der Waals surface area (Å²) in [6.07, 6.45) is 0.796. The quantitative estimate of drug-likeness (QED) is 0.233. The van der Waals surface area contributed by atoms with Crippen LogP contribution in [0.2, 0.25) is 0 Å². The second kappa shape index (κ2) is 12.5. The Morgan fingerprint density at radius 2 is 1.55 bits per heavy atom. The highest BCUT2D eigenvalue weighted by atomic mass is 16.6. The normalized spacial score (nSPS) is 17.9. The van der Waals surface area contributed by atoms with Crippen LogP contribution in [0.5, 0.6) is 0 Å². The SMILES string of the molecule is O=C(Nc1ccc2[nH]c(-c3ccc(NC(=O)[C@@H]4CCCN4C(=O)OCc4ccccc4)cc3)cc2n1)[C@@H]1CCCN1C(=O)O. The van der Waals surface area contributed by atoms with E-state index in [0.29, 0.717) is 49.4 Å². The first kappa shape index (κ1) is 28.7. The van der Waals surface area contributed by atoms with Gasteiger partial charge in [-0.15, -0.1) is 0 Å². The minimum atomic E-state index is -1.10. The van der Waals surface area contributed by atoms with Crippen LogP contribution >= 0.6 is 0 Å². The number of carboxylic acid groups (broad SMARTS) is 1. The standard InChI is InChI=1S/C32H32N6O6/c39-29(27-9-5-17-38(27)32(43)44-19-20-6-2-1-3-7-20)33-22-12-10-21(11-13-22)24-18-25-23(34-24)14-15-28(35-25)36-30(40)26-8-4-16-37(26)31(41)42/h1-3,6-7,10-15,18,26-27,34H,4-5,8-9,16-17,19H2,(H,33,39)(H,41,42)(H,35,36,40)/t26-,27-/m0/s1. The van der Waals surface area contributed by atoms with E-state index < -0.39 is 30.2 Å². The number of ether oxygens (including phenoxy) is 1. The van der Waals surface area contributed by atoms with Crippen molar-refractivity contribution in [1.29, 1.82) is 0 Å². The Morgan fingerprint density at radius 1 is 0.864 bits per heavy atom. The zero-order valence-corrected chi connectivity index (χ0v) is 23.9. The second-order valence-electron chi connectivity index (χ2n) is 10.9. The Labute approximate surface area is 253 Å². The van der Waals surface area contributed by atoms with Crippen LogP contribution in [0.1, 0.15) is 31.2 Å². The third-order valence-corrected chi connectivity index (χ3v) is 7.99. The van der Waals surface area contributed by atoms with Gasteiger partial charge in [0.15, 0.2) is 0 Å². The Bertz CT molecular complexity index is 1690. The second-order valence-corrected chi connectivity index (χ2v) is 10.9. The molecule has 226 valence electrons. The smallest absolute Gasteiger partial charge is 0.410 e. The molecular formula is C32H32N6O6. The number of aromatic amines is 1. The third-order valence-electron chi connectivity index (χ3n) is 7.99. The number of fused-ring (bicyclic) bond motifs is 1. The largest absolute Gasteiger partial charge is 0.465 e. The van der Waals surface area contributed by atoms with Crippen LogP contribution in [0.4, 0.5) is 21.1 Å². The van der Waals surface area contributed by atoms with Crippen molar-refractivity contribution in [3.63, 3.8) is 0 Å². The van der Waals surface area contributed by atoms with Crippen molar-refractivity contribution in [3.8, 4) is 11.3 Å². The molecule has 0 saturated carbocycles. The maximum atomic E-state index is 13.1. The summed E-state index contributed by atoms with van der Waals surface area (Å²) in [6, 6.07) is 20.7. The van der Waals surface area contributed by atoms with Crippen LogP contribution in [0.25, 0.3) is 22.3 Å². The molecular weight excluding hydrogens is 564 g/mol. The molecule has 4 N–H and O–H groups in total. The lowest BCUT2D eigenvalue weighted by atomic mass is 10.1. The molecule has 4 heterocycles. The number of hydrogen-bond acceptors (Lipinski definition) is 6. The molecule has 4 aromatic rings. The van der Waals surface area contributed by atoms with Crippen LogP contribution in [-0.4, -0.2) is 74.0 Å². The average molecular weight is 597 g/mol. The zero-order valence-electron chi connectivity index (χ0n) is 23.9. The molecule has 12 heteroatoms. The van der Waals surface area contributed by atoms with Gasteiger partial charge in [-0.25, -0.2) is 14.6 Å². The first-order valence-corrected chi connectivity index (χ1v) is 14.5. The van der Waals surface area contributed by atoms with Gasteiger partial charge in [-0.1, -0.05) is 42.5 Å². The van der Waals surface area contributed by atoms with Crippen LogP contribution in [-0.2, 0) is 20.9 Å². The van der Waals surface area contributed by atoms with Gasteiger partial charge in [-0.2, -0.15) is 0 Å². The van der Waals surface area contributed by atoms with Crippen LogP contribution in [0.3, 0.4) is 0 Å². The van der Waals surface area contributed by atoms with E-state index in [0.717, 1.165) is 33.7 Å². The fraction of sp³-hybridized carbons (Fsp3) is 0.281. The van der Waals surface area contributed by atoms with E-state index in [-0.39, 0.29) is 12.5 Å². The molecule has 2 aliphatic rings. The molecule has 2 saturated heterocycles. The van der Waals surface area contributed by atoms with E-state index in [9.17, 15) is 24.3 Å². The molecule has 2 aromatic heterocycles. The Balaban J connectivity index is 1.07. The van der Waals surface area contributed by atoms with Gasteiger partial charge in [0.2, 0.25) is 11.8 Å². The van der Waals surface area contributed by atoms with Crippen LogP contribution < -0.4 is 10.6 Å². The van der Waals surface area contributed by atoms with Crippen molar-refractivity contribution in [2.45, 2.75) is 44.4 Å². The van der Waals surface area contributed by atoms with E-state index in [4.69, 9.17) is 4.74 Å². The number of likely N-dealkylation sites (tertiary alicyclic amines) is 2. The van der Waals surface area contributed by atoms with E-state index in [1.165, 1.54) is 4.90 Å². The number of rotatable bonds is 7. The molecule has 0 bridgehead atoms. The number of nitrogens with zero attached hydrogens (tertiary/aromatic N) is 3. The van der Waals surface area contributed by atoms with Gasteiger partial charge in [-0.3, -0.25) is 19.4 Å². The molecule has 44 heavy (non-hydrogen) atoms. The summed E-state index contributed by atoms with van der Waals surface area (Å²) in [5.74, 6) is -0.316. The molecule has 6 rings (SSSR count). The van der Waals surface area contributed by atoms with Gasteiger partial charge in [0.25, 0.3) is 0 Å². The topological polar surface area (TPSA) is 157 Å².